The summed E-state index contributed by atoms with van der Waals surface area (Å²) in [6.45, 7) is 5.16. The highest BCUT2D eigenvalue weighted by Crippen LogP contribution is 2.24. The molecule has 3 heterocycles. The number of piperidine rings is 2. The predicted octanol–water partition coefficient (Wildman–Crippen LogP) is 0.962. The van der Waals surface area contributed by atoms with Gasteiger partial charge in [0.2, 0.25) is 11.8 Å². The molecule has 2 fully saturated rings. The lowest BCUT2D eigenvalue weighted by Crippen LogP contribution is -2.51. The van der Waals surface area contributed by atoms with Crippen molar-refractivity contribution in [3.05, 3.63) is 30.1 Å². The van der Waals surface area contributed by atoms with Crippen LogP contribution in [0.3, 0.4) is 0 Å². The maximum absolute atomic E-state index is 12.5. The normalized spacial score (nSPS) is 22.0. The highest BCUT2D eigenvalue weighted by molar-refractivity contribution is 5.85. The van der Waals surface area contributed by atoms with Gasteiger partial charge in [0.15, 0.2) is 0 Å². The van der Waals surface area contributed by atoms with Crippen molar-refractivity contribution in [3.63, 3.8) is 0 Å². The second kappa shape index (κ2) is 9.98. The first-order valence-electron chi connectivity index (χ1n) is 10.4. The van der Waals surface area contributed by atoms with Crippen LogP contribution in [0.15, 0.2) is 24.5 Å². The smallest absolute Gasteiger partial charge is 0.241 e. The van der Waals surface area contributed by atoms with Crippen LogP contribution >= 0.6 is 0 Å². The molecule has 0 bridgehead atoms. The SMILES string of the molecule is CN(C)C(=O)CNC(=O)C1CCCN(C2CCN(Cc3ccncc3)CC2)C1. The van der Waals surface area contributed by atoms with E-state index in [2.05, 4.69) is 32.2 Å². The third-order valence-electron chi connectivity index (χ3n) is 5.97. The molecule has 7 nitrogen and oxygen atoms in total. The topological polar surface area (TPSA) is 68.8 Å². The summed E-state index contributed by atoms with van der Waals surface area (Å²) in [5.74, 6) is -0.0452. The van der Waals surface area contributed by atoms with Crippen LogP contribution in [0.25, 0.3) is 0 Å². The first kappa shape index (κ1) is 20.7. The number of likely N-dealkylation sites (tertiary alicyclic amines) is 2. The number of carbonyl (C=O) groups is 2. The summed E-state index contributed by atoms with van der Waals surface area (Å²) in [5.41, 5.74) is 1.32. The molecule has 0 aliphatic carbocycles. The molecule has 2 aliphatic rings. The number of aromatic nitrogens is 1. The maximum atomic E-state index is 12.5. The first-order chi connectivity index (χ1) is 13.5. The molecular formula is C21H33N5O2. The Morgan fingerprint density at radius 1 is 1.14 bits per heavy atom. The van der Waals surface area contributed by atoms with Gasteiger partial charge in [0.25, 0.3) is 0 Å². The van der Waals surface area contributed by atoms with E-state index in [9.17, 15) is 9.59 Å². The zero-order valence-corrected chi connectivity index (χ0v) is 17.1. The molecule has 154 valence electrons. The lowest BCUT2D eigenvalue weighted by Gasteiger charge is -2.42. The number of nitrogens with one attached hydrogen (secondary N) is 1. The van der Waals surface area contributed by atoms with Crippen molar-refractivity contribution in [1.82, 2.24) is 25.0 Å². The van der Waals surface area contributed by atoms with E-state index in [4.69, 9.17) is 0 Å². The number of likely N-dealkylation sites (N-methyl/N-ethyl adjacent to an activating group) is 1. The Bertz CT molecular complexity index is 643. The number of hydrogen-bond donors (Lipinski definition) is 1. The summed E-state index contributed by atoms with van der Waals surface area (Å²) in [7, 11) is 3.41. The number of carbonyl (C=O) groups excluding carboxylic acids is 2. The van der Waals surface area contributed by atoms with Crippen LogP contribution < -0.4 is 5.32 Å². The average Bonchev–Trinajstić information content (AvgIpc) is 2.73. The minimum atomic E-state index is -0.0671. The Morgan fingerprint density at radius 3 is 2.54 bits per heavy atom. The van der Waals surface area contributed by atoms with E-state index in [1.54, 1.807) is 14.1 Å². The largest absolute Gasteiger partial charge is 0.347 e. The van der Waals surface area contributed by atoms with Crippen molar-refractivity contribution in [2.24, 2.45) is 5.92 Å². The van der Waals surface area contributed by atoms with Gasteiger partial charge in [-0.1, -0.05) is 0 Å². The van der Waals surface area contributed by atoms with Crippen LogP contribution in [0.4, 0.5) is 0 Å². The standard InChI is InChI=1S/C21H33N5O2/c1-24(2)20(27)14-23-21(28)18-4-3-11-26(16-18)19-7-12-25(13-8-19)15-17-5-9-22-10-6-17/h5-6,9-10,18-19H,3-4,7-8,11-16H2,1-2H3,(H,23,28). The van der Waals surface area contributed by atoms with E-state index in [-0.39, 0.29) is 24.3 Å². The predicted molar refractivity (Wildman–Crippen MR) is 109 cm³/mol. The molecule has 3 rings (SSSR count). The molecule has 0 spiro atoms. The second-order valence-electron chi connectivity index (χ2n) is 8.20. The van der Waals surface area contributed by atoms with E-state index < -0.39 is 0 Å². The summed E-state index contributed by atoms with van der Waals surface area (Å²) in [5, 5.41) is 2.82. The van der Waals surface area contributed by atoms with Gasteiger partial charge < -0.3 is 10.2 Å². The number of rotatable bonds is 6. The third kappa shape index (κ3) is 5.75. The Morgan fingerprint density at radius 2 is 1.86 bits per heavy atom. The van der Waals surface area contributed by atoms with E-state index >= 15 is 0 Å². The van der Waals surface area contributed by atoms with Crippen LogP contribution in [0.1, 0.15) is 31.2 Å². The van der Waals surface area contributed by atoms with Gasteiger partial charge in [0.05, 0.1) is 12.5 Å². The van der Waals surface area contributed by atoms with E-state index in [0.717, 1.165) is 58.4 Å². The molecule has 1 aromatic rings. The van der Waals surface area contributed by atoms with Crippen molar-refractivity contribution < 1.29 is 9.59 Å². The van der Waals surface area contributed by atoms with Gasteiger partial charge >= 0.3 is 0 Å². The molecule has 2 aliphatic heterocycles. The van der Waals surface area contributed by atoms with Crippen LogP contribution in [-0.4, -0.2) is 84.4 Å². The fourth-order valence-corrected chi connectivity index (χ4v) is 4.21. The van der Waals surface area contributed by atoms with Gasteiger partial charge in [-0.15, -0.1) is 0 Å². The van der Waals surface area contributed by atoms with Gasteiger partial charge in [-0.05, 0) is 63.0 Å². The summed E-state index contributed by atoms with van der Waals surface area (Å²) in [6, 6.07) is 4.73. The minimum absolute atomic E-state index is 0.00133. The van der Waals surface area contributed by atoms with E-state index in [1.165, 1.54) is 10.5 Å². The van der Waals surface area contributed by atoms with Gasteiger partial charge in [-0.2, -0.15) is 0 Å². The van der Waals surface area contributed by atoms with Gasteiger partial charge in [0.1, 0.15) is 0 Å². The van der Waals surface area contributed by atoms with Crippen LogP contribution in [0.2, 0.25) is 0 Å². The molecule has 2 amide bonds. The third-order valence-corrected chi connectivity index (χ3v) is 5.97. The zero-order chi connectivity index (χ0) is 19.9. The fraction of sp³-hybridized carbons (Fsp3) is 0.667. The Labute approximate surface area is 168 Å². The number of nitrogens with zero attached hydrogens (tertiary/aromatic N) is 4. The molecule has 28 heavy (non-hydrogen) atoms. The van der Waals surface area contributed by atoms with Crippen molar-refractivity contribution in [2.75, 3.05) is 46.8 Å². The molecule has 1 N–H and O–H groups in total. The average molecular weight is 388 g/mol. The second-order valence-corrected chi connectivity index (χ2v) is 8.20. The molecular weight excluding hydrogens is 354 g/mol. The summed E-state index contributed by atoms with van der Waals surface area (Å²) in [4.78, 5) is 34.8. The summed E-state index contributed by atoms with van der Waals surface area (Å²) >= 11 is 0. The van der Waals surface area contributed by atoms with E-state index in [1.807, 2.05) is 12.4 Å². The van der Waals surface area contributed by atoms with Crippen LogP contribution in [-0.2, 0) is 16.1 Å². The summed E-state index contributed by atoms with van der Waals surface area (Å²) < 4.78 is 0. The Hall–Kier alpha value is -1.99. The highest BCUT2D eigenvalue weighted by Gasteiger charge is 2.31. The molecule has 0 aromatic carbocycles. The Balaban J connectivity index is 1.43. The minimum Gasteiger partial charge on any atom is -0.347 e. The number of amides is 2. The number of pyridine rings is 1. The van der Waals surface area contributed by atoms with Gasteiger partial charge in [-0.25, -0.2) is 0 Å². The monoisotopic (exact) mass is 387 g/mol. The molecule has 0 saturated carbocycles. The van der Waals surface area contributed by atoms with Crippen molar-refractivity contribution in [3.8, 4) is 0 Å². The van der Waals surface area contributed by atoms with Crippen LogP contribution in [0.5, 0.6) is 0 Å². The summed E-state index contributed by atoms with van der Waals surface area (Å²) in [6.07, 6.45) is 7.98. The highest BCUT2D eigenvalue weighted by atomic mass is 16.2. The Kier molecular flexibility index (Phi) is 7.39. The quantitative estimate of drug-likeness (QED) is 0.788. The van der Waals surface area contributed by atoms with Gasteiger partial charge in [-0.3, -0.25) is 24.4 Å². The van der Waals surface area contributed by atoms with Crippen LogP contribution in [0, 0.1) is 5.92 Å². The van der Waals surface area contributed by atoms with Gasteiger partial charge in [0, 0.05) is 45.6 Å². The lowest BCUT2D eigenvalue weighted by molar-refractivity contribution is -0.133. The molecule has 7 heteroatoms. The molecule has 1 unspecified atom stereocenters. The molecule has 1 aromatic heterocycles. The van der Waals surface area contributed by atoms with Crippen molar-refractivity contribution in [2.45, 2.75) is 38.3 Å². The zero-order valence-electron chi connectivity index (χ0n) is 17.1. The van der Waals surface area contributed by atoms with E-state index in [0.29, 0.717) is 6.04 Å². The molecule has 0 radical (unpaired) electrons. The number of hydrogen-bond acceptors (Lipinski definition) is 5. The maximum Gasteiger partial charge on any atom is 0.241 e. The molecule has 2 saturated heterocycles. The first-order valence-corrected chi connectivity index (χ1v) is 10.4. The fourth-order valence-electron chi connectivity index (χ4n) is 4.21. The van der Waals surface area contributed by atoms with Crippen molar-refractivity contribution in [1.29, 1.82) is 0 Å². The molecule has 1 atom stereocenters. The van der Waals surface area contributed by atoms with Crippen molar-refractivity contribution >= 4 is 11.8 Å². The lowest BCUT2D eigenvalue weighted by atomic mass is 9.93.